The molecule has 50 heavy (non-hydrogen) atoms. The number of hydrogen-bond acceptors (Lipinski definition) is 6. The van der Waals surface area contributed by atoms with Crippen LogP contribution in [0.5, 0.6) is 11.5 Å². The average molecular weight is 759 g/mol. The van der Waals surface area contributed by atoms with Gasteiger partial charge >= 0.3 is 5.97 Å². The van der Waals surface area contributed by atoms with Crippen LogP contribution in [-0.4, -0.2) is 60.8 Å². The van der Waals surface area contributed by atoms with Crippen molar-refractivity contribution < 1.29 is 19.0 Å². The molecule has 10 heteroatoms. The Hall–Kier alpha value is -3.23. The predicted molar refractivity (Wildman–Crippen MR) is 207 cm³/mol. The minimum Gasteiger partial charge on any atom is -0.490 e. The number of carbonyl (C=O) groups excluding carboxylic acids is 1. The number of piperazine rings is 1. The molecular weight excluding hydrogens is 714 g/mol. The van der Waals surface area contributed by atoms with Crippen molar-refractivity contribution in [1.29, 1.82) is 0 Å². The first kappa shape index (κ1) is 39.6. The molecule has 0 aromatic heterocycles. The molecule has 266 valence electrons. The Morgan fingerprint density at radius 2 is 1.48 bits per heavy atom. The fourth-order valence-electron chi connectivity index (χ4n) is 7.10. The summed E-state index contributed by atoms with van der Waals surface area (Å²) >= 11 is 12.6. The number of esters is 1. The van der Waals surface area contributed by atoms with Crippen molar-refractivity contribution in [2.75, 3.05) is 32.9 Å². The minimum atomic E-state index is -0.242. The summed E-state index contributed by atoms with van der Waals surface area (Å²) < 4.78 is 17.6. The van der Waals surface area contributed by atoms with Gasteiger partial charge in [-0.05, 0) is 79.3 Å². The number of nitrogens with zero attached hydrogens (tertiary/aromatic N) is 2. The Labute approximate surface area is 318 Å². The van der Waals surface area contributed by atoms with Gasteiger partial charge in [0.15, 0.2) is 5.75 Å². The molecule has 1 saturated heterocycles. The Balaban J connectivity index is 0.00000281. The van der Waals surface area contributed by atoms with E-state index in [9.17, 15) is 4.79 Å². The zero-order valence-corrected chi connectivity index (χ0v) is 31.7. The van der Waals surface area contributed by atoms with Crippen molar-refractivity contribution in [3.05, 3.63) is 135 Å². The lowest BCUT2D eigenvalue weighted by molar-refractivity contribution is -0.140. The molecule has 6 nitrogen and oxygen atoms in total. The molecule has 0 radical (unpaired) electrons. The molecule has 4 aromatic carbocycles. The maximum atomic E-state index is 13.9. The summed E-state index contributed by atoms with van der Waals surface area (Å²) in [6, 6.07) is 33.0. The Morgan fingerprint density at radius 3 is 2.12 bits per heavy atom. The van der Waals surface area contributed by atoms with Crippen LogP contribution >= 0.6 is 48.0 Å². The van der Waals surface area contributed by atoms with Crippen molar-refractivity contribution in [2.24, 2.45) is 0 Å². The van der Waals surface area contributed by atoms with Gasteiger partial charge in [0.2, 0.25) is 0 Å². The highest BCUT2D eigenvalue weighted by Gasteiger charge is 2.46. The highest BCUT2D eigenvalue weighted by Crippen LogP contribution is 2.43. The van der Waals surface area contributed by atoms with Crippen LogP contribution in [0.1, 0.15) is 48.6 Å². The number of ether oxygens (including phenoxy) is 3. The monoisotopic (exact) mass is 756 g/mol. The van der Waals surface area contributed by atoms with E-state index in [0.29, 0.717) is 41.4 Å². The van der Waals surface area contributed by atoms with Crippen molar-refractivity contribution in [1.82, 2.24) is 9.80 Å². The fraction of sp³-hybridized carbons (Fsp3) is 0.325. The Bertz CT molecular complexity index is 1710. The zero-order valence-electron chi connectivity index (χ0n) is 28.5. The van der Waals surface area contributed by atoms with Gasteiger partial charge in [-0.1, -0.05) is 96.0 Å². The van der Waals surface area contributed by atoms with Crippen molar-refractivity contribution in [3.8, 4) is 11.5 Å². The van der Waals surface area contributed by atoms with E-state index >= 15 is 0 Å². The van der Waals surface area contributed by atoms with E-state index in [0.717, 1.165) is 48.3 Å². The number of rotatable bonds is 12. The number of carbonyl (C=O) groups is 1. The first-order chi connectivity index (χ1) is 23.3. The van der Waals surface area contributed by atoms with Crippen molar-refractivity contribution in [2.45, 2.75) is 51.9 Å². The van der Waals surface area contributed by atoms with E-state index in [1.165, 1.54) is 11.1 Å². The number of fused-ring (bicyclic) bond motifs is 2. The number of hydrogen-bond donors (Lipinski definition) is 0. The second-order valence-corrected chi connectivity index (χ2v) is 13.3. The van der Waals surface area contributed by atoms with Gasteiger partial charge in [-0.25, -0.2) is 4.79 Å². The van der Waals surface area contributed by atoms with Gasteiger partial charge in [-0.2, -0.15) is 0 Å². The predicted octanol–water partition coefficient (Wildman–Crippen LogP) is 9.64. The SMILES string of the molecule is CCOC(=O)C1=C(c2ccc(OCCOc3c(Cl)cc(C)cc3Cl)cc2)C[C@@H]2CN(Cc3ccccc3)C[C@H]1N2[C@H](C)c1ccccc1.Cl.Cl. The summed E-state index contributed by atoms with van der Waals surface area (Å²) in [6.07, 6.45) is 0.735. The van der Waals surface area contributed by atoms with Crippen LogP contribution in [0, 0.1) is 6.92 Å². The molecule has 0 aliphatic carbocycles. The summed E-state index contributed by atoms with van der Waals surface area (Å²) in [7, 11) is 0. The molecular formula is C40H44Cl4N2O4. The van der Waals surface area contributed by atoms with Gasteiger partial charge in [-0.3, -0.25) is 9.80 Å². The molecule has 0 unspecified atom stereocenters. The maximum Gasteiger partial charge on any atom is 0.335 e. The van der Waals surface area contributed by atoms with Crippen LogP contribution < -0.4 is 9.47 Å². The van der Waals surface area contributed by atoms with E-state index in [-0.39, 0.29) is 48.9 Å². The van der Waals surface area contributed by atoms with E-state index in [2.05, 4.69) is 65.3 Å². The quantitative estimate of drug-likeness (QED) is 0.106. The largest absolute Gasteiger partial charge is 0.490 e. The lowest BCUT2D eigenvalue weighted by Crippen LogP contribution is -2.62. The van der Waals surface area contributed by atoms with Gasteiger partial charge in [-0.15, -0.1) is 24.8 Å². The van der Waals surface area contributed by atoms with Crippen LogP contribution in [0.2, 0.25) is 10.0 Å². The number of benzene rings is 4. The third-order valence-electron chi connectivity index (χ3n) is 9.20. The van der Waals surface area contributed by atoms with E-state index < -0.39 is 0 Å². The number of halogens is 4. The molecule has 0 amide bonds. The summed E-state index contributed by atoms with van der Waals surface area (Å²) in [5.41, 5.74) is 6.31. The van der Waals surface area contributed by atoms with Gasteiger partial charge < -0.3 is 14.2 Å². The Morgan fingerprint density at radius 1 is 0.860 bits per heavy atom. The fourth-order valence-corrected chi connectivity index (χ4v) is 7.80. The standard InChI is InChI=1S/C40H42Cl2N2O4.2ClH/c1-4-46-40(45)38-34(31-15-17-33(18-16-31)47-19-20-48-39-35(41)21-27(2)22-36(39)42)23-32-25-43(24-29-11-7-5-8-12-29)26-37(38)44(32)28(3)30-13-9-6-10-14-30;;/h5-18,21-22,28,32,37H,4,19-20,23-26H2,1-3H3;2*1H/t28-,32-,37-;;/m1../s1. The second-order valence-electron chi connectivity index (χ2n) is 12.5. The van der Waals surface area contributed by atoms with Gasteiger partial charge in [0.25, 0.3) is 0 Å². The molecule has 0 spiro atoms. The van der Waals surface area contributed by atoms with Gasteiger partial charge in [0.1, 0.15) is 19.0 Å². The highest BCUT2D eigenvalue weighted by molar-refractivity contribution is 6.37. The molecule has 2 aliphatic heterocycles. The summed E-state index contributed by atoms with van der Waals surface area (Å²) in [6.45, 7) is 9.47. The van der Waals surface area contributed by atoms with Crippen LogP contribution in [0.4, 0.5) is 0 Å². The maximum absolute atomic E-state index is 13.9. The third-order valence-corrected chi connectivity index (χ3v) is 9.76. The molecule has 0 saturated carbocycles. The summed E-state index contributed by atoms with van der Waals surface area (Å²) in [5.74, 6) is 0.932. The molecule has 2 heterocycles. The molecule has 0 N–H and O–H groups in total. The smallest absolute Gasteiger partial charge is 0.335 e. The Kier molecular flexibility index (Phi) is 14.5. The van der Waals surface area contributed by atoms with Crippen LogP contribution in [0.3, 0.4) is 0 Å². The van der Waals surface area contributed by atoms with E-state index in [4.69, 9.17) is 37.4 Å². The van der Waals surface area contributed by atoms with Crippen molar-refractivity contribution in [3.63, 3.8) is 0 Å². The molecule has 2 aliphatic rings. The molecule has 1 fully saturated rings. The topological polar surface area (TPSA) is 51.2 Å². The minimum absolute atomic E-state index is 0. The van der Waals surface area contributed by atoms with Gasteiger partial charge in [0, 0.05) is 31.7 Å². The normalized spacial score (nSPS) is 18.0. The lowest BCUT2D eigenvalue weighted by atomic mass is 9.80. The first-order valence-electron chi connectivity index (χ1n) is 16.6. The second kappa shape index (κ2) is 18.3. The highest BCUT2D eigenvalue weighted by atomic mass is 35.5. The van der Waals surface area contributed by atoms with Crippen molar-refractivity contribution >= 4 is 59.6 Å². The molecule has 4 aromatic rings. The molecule has 6 rings (SSSR count). The van der Waals surface area contributed by atoms with Crippen LogP contribution in [0.15, 0.2) is 103 Å². The first-order valence-corrected chi connectivity index (χ1v) is 17.4. The van der Waals surface area contributed by atoms with Gasteiger partial charge in [0.05, 0.1) is 28.3 Å². The van der Waals surface area contributed by atoms with Crippen LogP contribution in [-0.2, 0) is 16.1 Å². The number of aryl methyl sites for hydroxylation is 1. The van der Waals surface area contributed by atoms with E-state index in [1.54, 1.807) is 0 Å². The lowest BCUT2D eigenvalue weighted by Gasteiger charge is -2.53. The average Bonchev–Trinajstić information content (AvgIpc) is 3.08. The molecule has 2 bridgehead atoms. The van der Waals surface area contributed by atoms with E-state index in [1.807, 2.05) is 62.4 Å². The summed E-state index contributed by atoms with van der Waals surface area (Å²) in [4.78, 5) is 18.9. The zero-order chi connectivity index (χ0) is 33.6. The third kappa shape index (κ3) is 9.16. The summed E-state index contributed by atoms with van der Waals surface area (Å²) in [5, 5.41) is 0.958. The molecule has 3 atom stereocenters. The van der Waals surface area contributed by atoms with Crippen LogP contribution in [0.25, 0.3) is 5.57 Å².